The summed E-state index contributed by atoms with van der Waals surface area (Å²) < 4.78 is 0. The van der Waals surface area contributed by atoms with Crippen molar-refractivity contribution in [1.29, 1.82) is 0 Å². The highest BCUT2D eigenvalue weighted by molar-refractivity contribution is 5.82. The zero-order valence-corrected chi connectivity index (χ0v) is 17.9. The average Bonchev–Trinajstić information content (AvgIpc) is 3.13. The molecular weight excluding hydrogens is 372 g/mol. The minimum absolute atomic E-state index is 0.0261. The lowest BCUT2D eigenvalue weighted by Crippen LogP contribution is -2.46. The molecule has 2 heterocycles. The van der Waals surface area contributed by atoms with Gasteiger partial charge in [0, 0.05) is 38.0 Å². The van der Waals surface area contributed by atoms with Gasteiger partial charge in [0.25, 0.3) is 0 Å². The SMILES string of the molecule is CCC1CCCCN1C(=O)CC1CCC(=O)N1Cc1ccc(-c2ccccc2)cc1. The van der Waals surface area contributed by atoms with E-state index >= 15 is 0 Å². The van der Waals surface area contributed by atoms with Crippen LogP contribution in [0.15, 0.2) is 54.6 Å². The smallest absolute Gasteiger partial charge is 0.224 e. The van der Waals surface area contributed by atoms with Crippen LogP contribution in [0.3, 0.4) is 0 Å². The molecular formula is C26H32N2O2. The highest BCUT2D eigenvalue weighted by Crippen LogP contribution is 2.28. The molecule has 2 fully saturated rings. The Hall–Kier alpha value is -2.62. The van der Waals surface area contributed by atoms with Gasteiger partial charge in [-0.05, 0) is 48.8 Å². The molecule has 30 heavy (non-hydrogen) atoms. The Morgan fingerprint density at radius 3 is 2.40 bits per heavy atom. The molecule has 2 amide bonds. The first kappa shape index (κ1) is 20.6. The fraction of sp³-hybridized carbons (Fsp3) is 0.462. The van der Waals surface area contributed by atoms with Crippen molar-refractivity contribution in [2.24, 2.45) is 0 Å². The first-order chi connectivity index (χ1) is 14.7. The van der Waals surface area contributed by atoms with Gasteiger partial charge in [0.15, 0.2) is 0 Å². The van der Waals surface area contributed by atoms with Crippen molar-refractivity contribution in [2.45, 2.75) is 70.5 Å². The number of rotatable bonds is 6. The van der Waals surface area contributed by atoms with Gasteiger partial charge < -0.3 is 9.80 Å². The predicted octanol–water partition coefficient (Wildman–Crippen LogP) is 5.03. The van der Waals surface area contributed by atoms with Crippen LogP contribution in [0.25, 0.3) is 11.1 Å². The fourth-order valence-electron chi connectivity index (χ4n) is 4.92. The van der Waals surface area contributed by atoms with Gasteiger partial charge in [0.1, 0.15) is 0 Å². The molecule has 0 N–H and O–H groups in total. The Kier molecular flexibility index (Phi) is 6.51. The van der Waals surface area contributed by atoms with Crippen molar-refractivity contribution in [3.8, 4) is 11.1 Å². The zero-order chi connectivity index (χ0) is 20.9. The lowest BCUT2D eigenvalue weighted by atomic mass is 9.98. The van der Waals surface area contributed by atoms with Crippen LogP contribution in [-0.4, -0.2) is 40.2 Å². The van der Waals surface area contributed by atoms with Crippen molar-refractivity contribution in [2.75, 3.05) is 6.54 Å². The minimum atomic E-state index is 0.0261. The van der Waals surface area contributed by atoms with Crippen LogP contribution in [0.2, 0.25) is 0 Å². The van der Waals surface area contributed by atoms with Gasteiger partial charge in [0.2, 0.25) is 11.8 Å². The first-order valence-electron chi connectivity index (χ1n) is 11.4. The average molecular weight is 405 g/mol. The number of likely N-dealkylation sites (tertiary alicyclic amines) is 2. The van der Waals surface area contributed by atoms with E-state index < -0.39 is 0 Å². The number of amides is 2. The molecule has 2 aromatic rings. The van der Waals surface area contributed by atoms with E-state index in [1.807, 2.05) is 23.1 Å². The molecule has 2 aliphatic heterocycles. The van der Waals surface area contributed by atoms with Crippen molar-refractivity contribution < 1.29 is 9.59 Å². The Morgan fingerprint density at radius 2 is 1.67 bits per heavy atom. The fourth-order valence-corrected chi connectivity index (χ4v) is 4.92. The number of carbonyl (C=O) groups is 2. The third-order valence-corrected chi connectivity index (χ3v) is 6.70. The maximum atomic E-state index is 13.0. The van der Waals surface area contributed by atoms with Gasteiger partial charge >= 0.3 is 0 Å². The summed E-state index contributed by atoms with van der Waals surface area (Å²) >= 11 is 0. The molecule has 0 aromatic heterocycles. The molecule has 0 bridgehead atoms. The lowest BCUT2D eigenvalue weighted by Gasteiger charge is -2.36. The van der Waals surface area contributed by atoms with E-state index in [-0.39, 0.29) is 17.9 Å². The van der Waals surface area contributed by atoms with E-state index in [2.05, 4.69) is 48.2 Å². The molecule has 4 heteroatoms. The van der Waals surface area contributed by atoms with Crippen LogP contribution >= 0.6 is 0 Å². The van der Waals surface area contributed by atoms with Gasteiger partial charge in [-0.2, -0.15) is 0 Å². The largest absolute Gasteiger partial charge is 0.340 e. The van der Waals surface area contributed by atoms with E-state index in [0.717, 1.165) is 37.8 Å². The second kappa shape index (κ2) is 9.46. The summed E-state index contributed by atoms with van der Waals surface area (Å²) in [4.78, 5) is 29.6. The van der Waals surface area contributed by atoms with Crippen molar-refractivity contribution in [3.05, 3.63) is 60.2 Å². The monoisotopic (exact) mass is 404 g/mol. The van der Waals surface area contributed by atoms with Crippen LogP contribution in [0.1, 0.15) is 57.4 Å². The number of carbonyl (C=O) groups excluding carboxylic acids is 2. The minimum Gasteiger partial charge on any atom is -0.340 e. The summed E-state index contributed by atoms with van der Waals surface area (Å²) in [6.45, 7) is 3.63. The van der Waals surface area contributed by atoms with Gasteiger partial charge in [-0.3, -0.25) is 9.59 Å². The van der Waals surface area contributed by atoms with Gasteiger partial charge in [-0.25, -0.2) is 0 Å². The van der Waals surface area contributed by atoms with E-state index in [1.54, 1.807) is 0 Å². The van der Waals surface area contributed by atoms with Crippen LogP contribution < -0.4 is 0 Å². The Bertz CT molecular complexity index is 862. The number of nitrogens with zero attached hydrogens (tertiary/aromatic N) is 2. The topological polar surface area (TPSA) is 40.6 Å². The molecule has 2 unspecified atom stereocenters. The van der Waals surface area contributed by atoms with E-state index in [1.165, 1.54) is 17.5 Å². The third kappa shape index (κ3) is 4.58. The molecule has 4 rings (SSSR count). The van der Waals surface area contributed by atoms with Crippen LogP contribution in [-0.2, 0) is 16.1 Å². The summed E-state index contributed by atoms with van der Waals surface area (Å²) in [5.74, 6) is 0.399. The third-order valence-electron chi connectivity index (χ3n) is 6.70. The van der Waals surface area contributed by atoms with Crippen LogP contribution in [0.4, 0.5) is 0 Å². The summed E-state index contributed by atoms with van der Waals surface area (Å²) in [5, 5.41) is 0. The maximum absolute atomic E-state index is 13.0. The van der Waals surface area contributed by atoms with E-state index in [9.17, 15) is 9.59 Å². The molecule has 2 saturated heterocycles. The Labute approximate surface area is 179 Å². The summed E-state index contributed by atoms with van der Waals surface area (Å²) in [7, 11) is 0. The number of benzene rings is 2. The van der Waals surface area contributed by atoms with Gasteiger partial charge in [-0.1, -0.05) is 61.5 Å². The van der Waals surface area contributed by atoms with Crippen molar-refractivity contribution in [3.63, 3.8) is 0 Å². The van der Waals surface area contributed by atoms with Crippen LogP contribution in [0.5, 0.6) is 0 Å². The maximum Gasteiger partial charge on any atom is 0.224 e. The van der Waals surface area contributed by atoms with E-state index in [0.29, 0.717) is 25.4 Å². The second-order valence-electron chi connectivity index (χ2n) is 8.63. The molecule has 0 spiro atoms. The molecule has 4 nitrogen and oxygen atoms in total. The molecule has 0 saturated carbocycles. The first-order valence-corrected chi connectivity index (χ1v) is 11.4. The molecule has 2 aliphatic rings. The number of piperidine rings is 1. The second-order valence-corrected chi connectivity index (χ2v) is 8.63. The van der Waals surface area contributed by atoms with Crippen LogP contribution in [0, 0.1) is 0 Å². The normalized spacial score (nSPS) is 21.8. The molecule has 158 valence electrons. The lowest BCUT2D eigenvalue weighted by molar-refractivity contribution is -0.137. The standard InChI is InChI=1S/C26H32N2O2/c1-2-23-10-6-7-17-27(23)26(30)18-24-15-16-25(29)28(24)19-20-11-13-22(14-12-20)21-8-4-3-5-9-21/h3-5,8-9,11-14,23-24H,2,6-7,10,15-19H2,1H3. The molecule has 2 aromatic carbocycles. The zero-order valence-electron chi connectivity index (χ0n) is 17.9. The molecule has 2 atom stereocenters. The van der Waals surface area contributed by atoms with Crippen molar-refractivity contribution >= 4 is 11.8 Å². The van der Waals surface area contributed by atoms with E-state index in [4.69, 9.17) is 0 Å². The molecule has 0 radical (unpaired) electrons. The van der Waals surface area contributed by atoms with Crippen molar-refractivity contribution in [1.82, 2.24) is 9.80 Å². The van der Waals surface area contributed by atoms with Gasteiger partial charge in [0.05, 0.1) is 0 Å². The Morgan fingerprint density at radius 1 is 0.933 bits per heavy atom. The van der Waals surface area contributed by atoms with Gasteiger partial charge in [-0.15, -0.1) is 0 Å². The highest BCUT2D eigenvalue weighted by Gasteiger charge is 2.35. The summed E-state index contributed by atoms with van der Waals surface area (Å²) in [5.41, 5.74) is 3.48. The molecule has 0 aliphatic carbocycles. The predicted molar refractivity (Wildman–Crippen MR) is 120 cm³/mol. The summed E-state index contributed by atoms with van der Waals surface area (Å²) in [6, 6.07) is 19.1. The Balaban J connectivity index is 1.41. The highest BCUT2D eigenvalue weighted by atomic mass is 16.2. The summed E-state index contributed by atoms with van der Waals surface area (Å²) in [6.07, 6.45) is 6.26. The quantitative estimate of drug-likeness (QED) is 0.678. The number of hydrogen-bond acceptors (Lipinski definition) is 2. The number of hydrogen-bond donors (Lipinski definition) is 0.